The second kappa shape index (κ2) is 4.39. The van der Waals surface area contributed by atoms with Crippen molar-refractivity contribution in [1.29, 1.82) is 0 Å². The molecule has 0 amide bonds. The maximum absolute atomic E-state index is 11.3. The largest absolute Gasteiger partial charge is 0.398 e. The van der Waals surface area contributed by atoms with E-state index in [9.17, 15) is 9.90 Å². The van der Waals surface area contributed by atoms with E-state index in [1.165, 1.54) is 0 Å². The van der Waals surface area contributed by atoms with E-state index in [4.69, 9.17) is 5.73 Å². The van der Waals surface area contributed by atoms with Crippen molar-refractivity contribution >= 4 is 12.0 Å². The first-order chi connectivity index (χ1) is 8.18. The first kappa shape index (κ1) is 11.4. The Morgan fingerprint density at radius 1 is 1.00 bits per heavy atom. The highest BCUT2D eigenvalue weighted by Gasteiger charge is 2.32. The first-order valence-corrected chi connectivity index (χ1v) is 5.27. The molecule has 0 aliphatic heterocycles. The van der Waals surface area contributed by atoms with Gasteiger partial charge >= 0.3 is 0 Å². The van der Waals surface area contributed by atoms with Crippen LogP contribution in [0, 0.1) is 0 Å². The molecule has 0 saturated heterocycles. The normalized spacial score (nSPS) is 13.9. The van der Waals surface area contributed by atoms with Gasteiger partial charge in [0, 0.05) is 11.3 Å². The van der Waals surface area contributed by atoms with Gasteiger partial charge in [0.2, 0.25) is 0 Å². The zero-order valence-electron chi connectivity index (χ0n) is 9.21. The molecule has 0 radical (unpaired) electrons. The van der Waals surface area contributed by atoms with Crippen molar-refractivity contribution in [2.45, 2.75) is 5.60 Å². The summed E-state index contributed by atoms with van der Waals surface area (Å²) in [6.45, 7) is 0. The number of nitrogen functional groups attached to an aromatic ring is 1. The Hall–Kier alpha value is -2.13. The number of aldehydes is 1. The second-order valence-electron chi connectivity index (χ2n) is 3.84. The Morgan fingerprint density at radius 3 is 2.18 bits per heavy atom. The average molecular weight is 227 g/mol. The van der Waals surface area contributed by atoms with E-state index in [-0.39, 0.29) is 0 Å². The number of hydrogen-bond acceptors (Lipinski definition) is 3. The highest BCUT2D eigenvalue weighted by Crippen LogP contribution is 2.31. The van der Waals surface area contributed by atoms with Crippen molar-refractivity contribution in [1.82, 2.24) is 0 Å². The number of anilines is 1. The van der Waals surface area contributed by atoms with Crippen LogP contribution in [-0.2, 0) is 10.4 Å². The monoisotopic (exact) mass is 227 g/mol. The van der Waals surface area contributed by atoms with Gasteiger partial charge in [0.25, 0.3) is 0 Å². The van der Waals surface area contributed by atoms with Crippen molar-refractivity contribution in [3.63, 3.8) is 0 Å². The number of nitrogens with two attached hydrogens (primary N) is 1. The number of carbonyl (C=O) groups excluding carboxylic acids is 1. The Balaban J connectivity index is 2.60. The molecule has 2 rings (SSSR count). The zero-order chi connectivity index (χ0) is 12.3. The minimum atomic E-state index is -1.69. The predicted octanol–water partition coefficient (Wildman–Crippen LogP) is 1.70. The molecule has 0 aliphatic carbocycles. The van der Waals surface area contributed by atoms with Crippen LogP contribution in [0.25, 0.3) is 0 Å². The van der Waals surface area contributed by atoms with Gasteiger partial charge in [0.05, 0.1) is 0 Å². The molecule has 0 bridgehead atoms. The molecule has 3 nitrogen and oxygen atoms in total. The fourth-order valence-corrected chi connectivity index (χ4v) is 1.82. The molecular formula is C14H13NO2. The van der Waals surface area contributed by atoms with Gasteiger partial charge in [-0.25, -0.2) is 0 Å². The summed E-state index contributed by atoms with van der Waals surface area (Å²) in [5.41, 5.74) is 5.42. The van der Waals surface area contributed by atoms with E-state index >= 15 is 0 Å². The van der Waals surface area contributed by atoms with Crippen LogP contribution >= 0.6 is 0 Å². The maximum Gasteiger partial charge on any atom is 0.172 e. The maximum atomic E-state index is 11.3. The molecule has 2 aromatic rings. The summed E-state index contributed by atoms with van der Waals surface area (Å²) in [6, 6.07) is 15.6. The van der Waals surface area contributed by atoms with Crippen LogP contribution < -0.4 is 5.73 Å². The zero-order valence-corrected chi connectivity index (χ0v) is 9.21. The summed E-state index contributed by atoms with van der Waals surface area (Å²) in [5.74, 6) is 0. The molecule has 1 atom stereocenters. The van der Waals surface area contributed by atoms with Crippen molar-refractivity contribution < 1.29 is 9.90 Å². The average Bonchev–Trinajstić information content (AvgIpc) is 2.39. The lowest BCUT2D eigenvalue weighted by Gasteiger charge is -2.24. The Kier molecular flexibility index (Phi) is 2.93. The van der Waals surface area contributed by atoms with Gasteiger partial charge in [-0.3, -0.25) is 4.79 Å². The van der Waals surface area contributed by atoms with E-state index in [1.54, 1.807) is 48.5 Å². The van der Waals surface area contributed by atoms with Crippen LogP contribution in [0.3, 0.4) is 0 Å². The number of para-hydroxylation sites is 1. The van der Waals surface area contributed by atoms with Crippen molar-refractivity contribution in [2.75, 3.05) is 5.73 Å². The molecule has 0 heterocycles. The smallest absolute Gasteiger partial charge is 0.172 e. The van der Waals surface area contributed by atoms with Crippen molar-refractivity contribution in [3.05, 3.63) is 65.7 Å². The topological polar surface area (TPSA) is 63.3 Å². The highest BCUT2D eigenvalue weighted by molar-refractivity contribution is 5.75. The van der Waals surface area contributed by atoms with Gasteiger partial charge in [-0.15, -0.1) is 0 Å². The molecule has 0 aliphatic rings. The molecule has 0 aromatic heterocycles. The van der Waals surface area contributed by atoms with Crippen LogP contribution in [0.2, 0.25) is 0 Å². The summed E-state index contributed by atoms with van der Waals surface area (Å²) in [6.07, 6.45) is 0.508. The van der Waals surface area contributed by atoms with E-state index in [2.05, 4.69) is 0 Å². The summed E-state index contributed by atoms with van der Waals surface area (Å²) >= 11 is 0. The standard InChI is InChI=1S/C14H13NO2/c15-13-9-5-4-8-12(13)14(17,10-16)11-6-2-1-3-7-11/h1-10,17H,15H2. The Bertz CT molecular complexity index is 525. The molecule has 17 heavy (non-hydrogen) atoms. The molecule has 0 fully saturated rings. The van der Waals surface area contributed by atoms with E-state index in [1.807, 2.05) is 6.07 Å². The number of hydrogen-bond donors (Lipinski definition) is 2. The number of rotatable bonds is 3. The SMILES string of the molecule is Nc1ccccc1C(O)(C=O)c1ccccc1. The summed E-state index contributed by atoms with van der Waals surface area (Å²) in [7, 11) is 0. The highest BCUT2D eigenvalue weighted by atomic mass is 16.3. The van der Waals surface area contributed by atoms with Gasteiger partial charge in [-0.05, 0) is 11.6 Å². The molecule has 3 N–H and O–H groups in total. The van der Waals surface area contributed by atoms with E-state index in [0.29, 0.717) is 23.1 Å². The fraction of sp³-hybridized carbons (Fsp3) is 0.0714. The molecule has 3 heteroatoms. The predicted molar refractivity (Wildman–Crippen MR) is 66.4 cm³/mol. The third-order valence-electron chi connectivity index (χ3n) is 2.76. The quantitative estimate of drug-likeness (QED) is 0.619. The summed E-state index contributed by atoms with van der Waals surface area (Å²) < 4.78 is 0. The van der Waals surface area contributed by atoms with E-state index < -0.39 is 5.60 Å². The minimum Gasteiger partial charge on any atom is -0.398 e. The molecule has 0 saturated carbocycles. The first-order valence-electron chi connectivity index (χ1n) is 5.27. The Morgan fingerprint density at radius 2 is 1.59 bits per heavy atom. The van der Waals surface area contributed by atoms with Crippen molar-refractivity contribution in [3.8, 4) is 0 Å². The molecule has 2 aromatic carbocycles. The van der Waals surface area contributed by atoms with Gasteiger partial charge in [0.15, 0.2) is 11.9 Å². The molecule has 86 valence electrons. The van der Waals surface area contributed by atoms with Crippen LogP contribution in [0.4, 0.5) is 5.69 Å². The lowest BCUT2D eigenvalue weighted by Crippen LogP contribution is -2.30. The molecule has 0 spiro atoms. The number of carbonyl (C=O) groups is 1. The lowest BCUT2D eigenvalue weighted by molar-refractivity contribution is -0.121. The summed E-state index contributed by atoms with van der Waals surface area (Å²) in [4.78, 5) is 11.3. The van der Waals surface area contributed by atoms with Gasteiger partial charge < -0.3 is 10.8 Å². The van der Waals surface area contributed by atoms with Gasteiger partial charge in [0.1, 0.15) is 0 Å². The van der Waals surface area contributed by atoms with Crippen LogP contribution in [0.5, 0.6) is 0 Å². The van der Waals surface area contributed by atoms with Crippen LogP contribution in [0.15, 0.2) is 54.6 Å². The number of benzene rings is 2. The van der Waals surface area contributed by atoms with E-state index in [0.717, 1.165) is 0 Å². The molecule has 1 unspecified atom stereocenters. The fourth-order valence-electron chi connectivity index (χ4n) is 1.82. The van der Waals surface area contributed by atoms with Gasteiger partial charge in [-0.1, -0.05) is 48.5 Å². The molecular weight excluding hydrogens is 214 g/mol. The summed E-state index contributed by atoms with van der Waals surface area (Å²) in [5, 5.41) is 10.5. The Labute approximate surface area is 99.5 Å². The number of aliphatic hydroxyl groups is 1. The second-order valence-corrected chi connectivity index (χ2v) is 3.84. The van der Waals surface area contributed by atoms with Gasteiger partial charge in [-0.2, -0.15) is 0 Å². The third kappa shape index (κ3) is 1.92. The van der Waals surface area contributed by atoms with Crippen molar-refractivity contribution in [2.24, 2.45) is 0 Å². The van der Waals surface area contributed by atoms with Crippen LogP contribution in [0.1, 0.15) is 11.1 Å². The van der Waals surface area contributed by atoms with Crippen LogP contribution in [-0.4, -0.2) is 11.4 Å². The lowest BCUT2D eigenvalue weighted by atomic mass is 9.87. The minimum absolute atomic E-state index is 0.394. The third-order valence-corrected chi connectivity index (χ3v) is 2.76.